The third-order valence-electron chi connectivity index (χ3n) is 4.38. The summed E-state index contributed by atoms with van der Waals surface area (Å²) >= 11 is 0. The average Bonchev–Trinajstić information content (AvgIpc) is 2.79. The van der Waals surface area contributed by atoms with Crippen molar-refractivity contribution >= 4 is 17.8 Å². The smallest absolute Gasteiger partial charge is 0.329 e. The molecule has 4 amide bonds. The van der Waals surface area contributed by atoms with E-state index in [9.17, 15) is 14.4 Å². The molecule has 0 spiro atoms. The minimum Gasteiger partial charge on any atom is -0.347 e. The SMILES string of the molecule is CC[C@@]1(c2ccccc2)NC(=O)N(C[NH+](C)CC(=O)NC(C)(C)C)C1=O. The van der Waals surface area contributed by atoms with E-state index >= 15 is 0 Å². The van der Waals surface area contributed by atoms with Crippen LogP contribution >= 0.6 is 0 Å². The van der Waals surface area contributed by atoms with Gasteiger partial charge in [0.05, 0.1) is 7.05 Å². The van der Waals surface area contributed by atoms with Crippen molar-refractivity contribution in [1.82, 2.24) is 15.5 Å². The number of urea groups is 1. The zero-order valence-corrected chi connectivity index (χ0v) is 16.2. The van der Waals surface area contributed by atoms with Gasteiger partial charge in [0.25, 0.3) is 11.8 Å². The number of carbonyl (C=O) groups is 3. The second-order valence-electron chi connectivity index (χ2n) is 7.88. The Morgan fingerprint density at radius 3 is 2.38 bits per heavy atom. The highest BCUT2D eigenvalue weighted by molar-refractivity contribution is 6.07. The van der Waals surface area contributed by atoms with Crippen molar-refractivity contribution in [3.63, 3.8) is 0 Å². The lowest BCUT2D eigenvalue weighted by Gasteiger charge is -2.26. The van der Waals surface area contributed by atoms with E-state index in [0.29, 0.717) is 6.42 Å². The first kappa shape index (κ1) is 19.9. The fourth-order valence-corrected chi connectivity index (χ4v) is 3.19. The molecule has 3 N–H and O–H groups in total. The maximum absolute atomic E-state index is 13.0. The molecule has 0 radical (unpaired) electrons. The second-order valence-corrected chi connectivity index (χ2v) is 7.88. The van der Waals surface area contributed by atoms with Crippen molar-refractivity contribution < 1.29 is 19.3 Å². The first-order chi connectivity index (χ1) is 12.1. The minimum absolute atomic E-state index is 0.119. The molecular formula is C19H29N4O3+. The van der Waals surface area contributed by atoms with Crippen LogP contribution < -0.4 is 15.5 Å². The van der Waals surface area contributed by atoms with Gasteiger partial charge in [-0.25, -0.2) is 9.69 Å². The Bertz CT molecular complexity index is 684. The predicted molar refractivity (Wildman–Crippen MR) is 98.3 cm³/mol. The number of rotatable bonds is 6. The summed E-state index contributed by atoms with van der Waals surface area (Å²) in [5.41, 5.74) is -0.582. The molecule has 0 aliphatic carbocycles. The van der Waals surface area contributed by atoms with Crippen molar-refractivity contribution in [2.75, 3.05) is 20.3 Å². The third kappa shape index (κ3) is 4.22. The van der Waals surface area contributed by atoms with E-state index in [-0.39, 0.29) is 30.6 Å². The van der Waals surface area contributed by atoms with E-state index < -0.39 is 11.6 Å². The zero-order chi connectivity index (χ0) is 19.5. The molecule has 142 valence electrons. The van der Waals surface area contributed by atoms with Crippen molar-refractivity contribution in [3.05, 3.63) is 35.9 Å². The van der Waals surface area contributed by atoms with Crippen molar-refractivity contribution in [2.24, 2.45) is 0 Å². The number of benzene rings is 1. The zero-order valence-electron chi connectivity index (χ0n) is 16.2. The number of imide groups is 1. The van der Waals surface area contributed by atoms with E-state index in [1.807, 2.05) is 58.0 Å². The number of carbonyl (C=O) groups excluding carboxylic acids is 3. The van der Waals surface area contributed by atoms with Crippen LogP contribution in [0.4, 0.5) is 4.79 Å². The molecule has 7 nitrogen and oxygen atoms in total. The van der Waals surface area contributed by atoms with Crippen molar-refractivity contribution in [3.8, 4) is 0 Å². The highest BCUT2D eigenvalue weighted by atomic mass is 16.2. The number of hydrogen-bond acceptors (Lipinski definition) is 3. The standard InChI is InChI=1S/C19H28N4O3/c1-6-19(14-10-8-7-9-11-14)16(25)23(17(26)21-19)13-22(5)12-15(24)20-18(2,3)4/h7-11H,6,12-13H2,1-5H3,(H,20,24)(H,21,26)/p+1/t19-/m0/s1. The Balaban J connectivity index is 2.10. The van der Waals surface area contributed by atoms with Gasteiger partial charge in [-0.1, -0.05) is 37.3 Å². The molecule has 1 aromatic carbocycles. The Hall–Kier alpha value is -2.41. The summed E-state index contributed by atoms with van der Waals surface area (Å²) in [4.78, 5) is 39.5. The second kappa shape index (κ2) is 7.45. The van der Waals surface area contributed by atoms with Gasteiger partial charge in [0.2, 0.25) is 0 Å². The molecule has 2 atom stereocenters. The lowest BCUT2D eigenvalue weighted by Crippen LogP contribution is -3.12. The number of nitrogens with zero attached hydrogens (tertiary/aromatic N) is 1. The predicted octanol–water partition coefficient (Wildman–Crippen LogP) is 0.231. The molecule has 0 aromatic heterocycles. The van der Waals surface area contributed by atoms with Crippen LogP contribution in [0.15, 0.2) is 30.3 Å². The van der Waals surface area contributed by atoms with Gasteiger partial charge in [0.15, 0.2) is 13.2 Å². The van der Waals surface area contributed by atoms with E-state index in [0.717, 1.165) is 10.5 Å². The molecule has 0 bridgehead atoms. The largest absolute Gasteiger partial charge is 0.347 e. The minimum atomic E-state index is -1.04. The molecule has 1 aromatic rings. The highest BCUT2D eigenvalue weighted by Crippen LogP contribution is 2.31. The van der Waals surface area contributed by atoms with Gasteiger partial charge in [-0.2, -0.15) is 0 Å². The fourth-order valence-electron chi connectivity index (χ4n) is 3.19. The quantitative estimate of drug-likeness (QED) is 0.635. The van der Waals surface area contributed by atoms with Crippen LogP contribution in [-0.2, 0) is 15.1 Å². The third-order valence-corrected chi connectivity index (χ3v) is 4.38. The fraction of sp³-hybridized carbons (Fsp3) is 0.526. The summed E-state index contributed by atoms with van der Waals surface area (Å²) in [6.07, 6.45) is 0.460. The highest BCUT2D eigenvalue weighted by Gasteiger charge is 2.52. The molecule has 1 unspecified atom stereocenters. The van der Waals surface area contributed by atoms with Crippen LogP contribution in [0.25, 0.3) is 0 Å². The van der Waals surface area contributed by atoms with Gasteiger partial charge in [-0.15, -0.1) is 0 Å². The van der Waals surface area contributed by atoms with Crippen LogP contribution in [0.3, 0.4) is 0 Å². The molecular weight excluding hydrogens is 332 g/mol. The van der Waals surface area contributed by atoms with Crippen LogP contribution in [0.2, 0.25) is 0 Å². The lowest BCUT2D eigenvalue weighted by atomic mass is 9.87. The molecule has 1 heterocycles. The van der Waals surface area contributed by atoms with Gasteiger partial charge in [0, 0.05) is 5.54 Å². The average molecular weight is 361 g/mol. The molecule has 1 aliphatic rings. The summed E-state index contributed by atoms with van der Waals surface area (Å²) in [7, 11) is 1.79. The molecule has 1 fully saturated rings. The summed E-state index contributed by atoms with van der Waals surface area (Å²) in [5, 5.41) is 5.74. The molecule has 26 heavy (non-hydrogen) atoms. The van der Waals surface area contributed by atoms with Gasteiger partial charge < -0.3 is 15.5 Å². The van der Waals surface area contributed by atoms with Gasteiger partial charge in [-0.05, 0) is 32.8 Å². The topological polar surface area (TPSA) is 82.9 Å². The van der Waals surface area contributed by atoms with Gasteiger partial charge >= 0.3 is 6.03 Å². The summed E-state index contributed by atoms with van der Waals surface area (Å²) < 4.78 is 0. The van der Waals surface area contributed by atoms with Gasteiger partial charge in [0.1, 0.15) is 5.54 Å². The number of likely N-dealkylation sites (N-methyl/N-ethyl adjacent to an activating group) is 1. The molecule has 2 rings (SSSR count). The summed E-state index contributed by atoms with van der Waals surface area (Å²) in [5.74, 6) is -0.390. The Morgan fingerprint density at radius 1 is 1.23 bits per heavy atom. The molecule has 7 heteroatoms. The first-order valence-electron chi connectivity index (χ1n) is 8.91. The molecule has 1 aliphatic heterocycles. The van der Waals surface area contributed by atoms with Crippen LogP contribution in [0.5, 0.6) is 0 Å². The Kier molecular flexibility index (Phi) is 5.71. The normalized spacial score (nSPS) is 21.5. The number of amides is 4. The Morgan fingerprint density at radius 2 is 1.85 bits per heavy atom. The van der Waals surface area contributed by atoms with E-state index in [1.54, 1.807) is 7.05 Å². The first-order valence-corrected chi connectivity index (χ1v) is 8.91. The maximum atomic E-state index is 13.0. The van der Waals surface area contributed by atoms with E-state index in [2.05, 4.69) is 10.6 Å². The summed E-state index contributed by atoms with van der Waals surface area (Å²) in [6, 6.07) is 8.84. The Labute approximate surface area is 154 Å². The number of quaternary nitrogens is 1. The number of hydrogen-bond donors (Lipinski definition) is 3. The maximum Gasteiger partial charge on any atom is 0.329 e. The van der Waals surface area contributed by atoms with Crippen molar-refractivity contribution in [2.45, 2.75) is 45.2 Å². The molecule has 0 saturated carbocycles. The van der Waals surface area contributed by atoms with E-state index in [1.165, 1.54) is 4.90 Å². The van der Waals surface area contributed by atoms with Crippen LogP contribution in [0.1, 0.15) is 39.7 Å². The monoisotopic (exact) mass is 361 g/mol. The lowest BCUT2D eigenvalue weighted by molar-refractivity contribution is -0.879. The summed E-state index contributed by atoms with van der Waals surface area (Å²) in [6.45, 7) is 7.92. The molecule has 1 saturated heterocycles. The number of nitrogens with one attached hydrogen (secondary N) is 3. The van der Waals surface area contributed by atoms with Gasteiger partial charge in [-0.3, -0.25) is 9.59 Å². The van der Waals surface area contributed by atoms with E-state index in [4.69, 9.17) is 0 Å². The van der Waals surface area contributed by atoms with Crippen LogP contribution in [0, 0.1) is 0 Å². The van der Waals surface area contributed by atoms with Crippen LogP contribution in [-0.4, -0.2) is 48.5 Å². The van der Waals surface area contributed by atoms with Crippen molar-refractivity contribution in [1.29, 1.82) is 0 Å².